The van der Waals surface area contributed by atoms with Crippen molar-refractivity contribution in [2.45, 2.75) is 56.3 Å². The van der Waals surface area contributed by atoms with Gasteiger partial charge < -0.3 is 21.7 Å². The monoisotopic (exact) mass is 548 g/mol. The maximum Gasteiger partial charge on any atom is 0.303 e. The van der Waals surface area contributed by atoms with E-state index in [0.717, 1.165) is 23.7 Å². The first-order valence-electron chi connectivity index (χ1n) is 13.8. The summed E-state index contributed by atoms with van der Waals surface area (Å²) in [5, 5.41) is 17.9. The van der Waals surface area contributed by atoms with Crippen LogP contribution in [0.1, 0.15) is 51.4 Å². The largest absolute Gasteiger partial charge is 0.481 e. The van der Waals surface area contributed by atoms with Crippen LogP contribution in [0.5, 0.6) is 0 Å². The van der Waals surface area contributed by atoms with Gasteiger partial charge in [0.1, 0.15) is 0 Å². The van der Waals surface area contributed by atoms with Crippen LogP contribution in [0, 0.1) is 58.2 Å². The number of carboxylic acid groups (broad SMARTS) is 2. The molecule has 210 valence electrons. The Labute approximate surface area is 224 Å². The third kappa shape index (κ3) is 4.37. The summed E-state index contributed by atoms with van der Waals surface area (Å²) in [7, 11) is -4.00. The van der Waals surface area contributed by atoms with Gasteiger partial charge >= 0.3 is 11.9 Å². The Morgan fingerprint density at radius 2 is 1.11 bits per heavy atom. The molecule has 10 heteroatoms. The quantitative estimate of drug-likeness (QED) is 0.320. The topological polar surface area (TPSA) is 181 Å². The third-order valence-corrected chi connectivity index (χ3v) is 12.2. The van der Waals surface area contributed by atoms with Crippen LogP contribution in [0.25, 0.3) is 0 Å². The Balaban J connectivity index is 0.000000118. The minimum absolute atomic E-state index is 0.0104. The Morgan fingerprint density at radius 1 is 0.737 bits per heavy atom. The molecule has 0 saturated heterocycles. The molecule has 7 rings (SSSR count). The van der Waals surface area contributed by atoms with Gasteiger partial charge in [-0.25, -0.2) is 0 Å². The Morgan fingerprint density at radius 3 is 1.32 bits per heavy atom. The minimum Gasteiger partial charge on any atom is -0.481 e. The van der Waals surface area contributed by atoms with Crippen molar-refractivity contribution < 1.29 is 32.8 Å². The number of nitrogens with two attached hydrogens (primary N) is 2. The van der Waals surface area contributed by atoms with Crippen LogP contribution in [-0.4, -0.2) is 48.2 Å². The van der Waals surface area contributed by atoms with E-state index < -0.39 is 22.1 Å². The smallest absolute Gasteiger partial charge is 0.303 e. The fraction of sp³-hybridized carbons (Fsp3) is 0.714. The lowest BCUT2D eigenvalue weighted by Crippen LogP contribution is -2.60. The summed E-state index contributed by atoms with van der Waals surface area (Å²) in [5.41, 5.74) is 11.6. The molecule has 6 fully saturated rings. The van der Waals surface area contributed by atoms with Gasteiger partial charge in [0.25, 0.3) is 10.1 Å². The summed E-state index contributed by atoms with van der Waals surface area (Å²) in [6.45, 7) is 1.16. The zero-order valence-corrected chi connectivity index (χ0v) is 22.4. The average molecular weight is 549 g/mol. The second kappa shape index (κ2) is 9.87. The van der Waals surface area contributed by atoms with Gasteiger partial charge in [-0.1, -0.05) is 18.2 Å². The zero-order chi connectivity index (χ0) is 27.5. The molecule has 10 atom stereocenters. The van der Waals surface area contributed by atoms with E-state index in [9.17, 15) is 18.0 Å². The molecule has 4 bridgehead atoms. The standard InChI is InChI=1S/2C11H17NO2.C6H6O3S/c2*12-5-11(4-10(13)14)8-2-6-1-7(8)9(11)3-6;7-10(8,9)6-4-2-1-3-5-6/h2*6-9H,1-5,12H2,(H,13,14);1-5H,(H,7,8,9)/t2*6?,7?,8-,9+,11?;. The first-order valence-corrected chi connectivity index (χ1v) is 15.3. The van der Waals surface area contributed by atoms with Crippen molar-refractivity contribution in [3.05, 3.63) is 30.3 Å². The molecule has 9 nitrogen and oxygen atoms in total. The highest BCUT2D eigenvalue weighted by Gasteiger charge is 2.69. The molecule has 0 amide bonds. The molecule has 7 N–H and O–H groups in total. The van der Waals surface area contributed by atoms with E-state index in [4.69, 9.17) is 26.2 Å². The molecule has 6 saturated carbocycles. The molecule has 0 heterocycles. The van der Waals surface area contributed by atoms with E-state index in [1.807, 2.05) is 0 Å². The predicted octanol–water partition coefficient (Wildman–Crippen LogP) is 3.10. The molecule has 6 aliphatic rings. The normalized spacial score (nSPS) is 42.2. The maximum absolute atomic E-state index is 10.9. The van der Waals surface area contributed by atoms with Gasteiger partial charge in [0.2, 0.25) is 0 Å². The molecule has 1 aromatic rings. The number of aliphatic carboxylic acids is 2. The number of hydrogen-bond donors (Lipinski definition) is 5. The summed E-state index contributed by atoms with van der Waals surface area (Å²) >= 11 is 0. The highest BCUT2D eigenvalue weighted by molar-refractivity contribution is 7.85. The van der Waals surface area contributed by atoms with Gasteiger partial charge in [0.05, 0.1) is 17.7 Å². The van der Waals surface area contributed by atoms with E-state index in [-0.39, 0.29) is 15.7 Å². The second-order valence-corrected chi connectivity index (χ2v) is 14.1. The van der Waals surface area contributed by atoms with E-state index in [0.29, 0.717) is 49.6 Å². The molecule has 0 radical (unpaired) electrons. The van der Waals surface area contributed by atoms with Crippen molar-refractivity contribution in [3.8, 4) is 0 Å². The summed E-state index contributed by atoms with van der Waals surface area (Å²) in [6.07, 6.45) is 8.35. The highest BCUT2D eigenvalue weighted by atomic mass is 32.2. The van der Waals surface area contributed by atoms with Crippen LogP contribution in [0.3, 0.4) is 0 Å². The summed E-state index contributed by atoms with van der Waals surface area (Å²) in [4.78, 5) is 21.7. The van der Waals surface area contributed by atoms with E-state index in [1.165, 1.54) is 50.7 Å². The first-order chi connectivity index (χ1) is 17.9. The molecule has 0 aromatic heterocycles. The molecular weight excluding hydrogens is 508 g/mol. The van der Waals surface area contributed by atoms with Crippen molar-refractivity contribution in [2.24, 2.45) is 69.6 Å². The predicted molar refractivity (Wildman–Crippen MR) is 139 cm³/mol. The molecule has 6 aliphatic carbocycles. The fourth-order valence-electron chi connectivity index (χ4n) is 10.1. The van der Waals surface area contributed by atoms with Crippen LogP contribution in [-0.2, 0) is 19.7 Å². The molecule has 6 unspecified atom stereocenters. The first kappa shape index (κ1) is 27.6. The van der Waals surface area contributed by atoms with E-state index in [1.54, 1.807) is 18.2 Å². The van der Waals surface area contributed by atoms with Gasteiger partial charge in [0, 0.05) is 0 Å². The van der Waals surface area contributed by atoms with Gasteiger partial charge in [-0.15, -0.1) is 0 Å². The number of carbonyl (C=O) groups is 2. The average Bonchev–Trinajstić information content (AvgIpc) is 3.65. The van der Waals surface area contributed by atoms with Crippen molar-refractivity contribution in [2.75, 3.05) is 13.1 Å². The molecule has 0 aliphatic heterocycles. The maximum atomic E-state index is 10.9. The number of benzene rings is 1. The third-order valence-electron chi connectivity index (χ3n) is 11.3. The van der Waals surface area contributed by atoms with Crippen molar-refractivity contribution in [1.29, 1.82) is 0 Å². The van der Waals surface area contributed by atoms with Crippen LogP contribution in [0.2, 0.25) is 0 Å². The van der Waals surface area contributed by atoms with Gasteiger partial charge in [0.15, 0.2) is 0 Å². The Bertz CT molecular complexity index is 1090. The lowest BCUT2D eigenvalue weighted by Gasteiger charge is -2.60. The zero-order valence-electron chi connectivity index (χ0n) is 21.6. The number of rotatable bonds is 7. The molecule has 0 spiro atoms. The van der Waals surface area contributed by atoms with E-state index >= 15 is 0 Å². The van der Waals surface area contributed by atoms with Crippen molar-refractivity contribution in [1.82, 2.24) is 0 Å². The number of carboxylic acids is 2. The highest BCUT2D eigenvalue weighted by Crippen LogP contribution is 2.74. The Hall–Kier alpha value is -2.01. The van der Waals surface area contributed by atoms with Crippen LogP contribution in [0.4, 0.5) is 0 Å². The fourth-order valence-corrected chi connectivity index (χ4v) is 10.6. The number of fused-ring (bicyclic) bond motifs is 2. The van der Waals surface area contributed by atoms with Crippen molar-refractivity contribution in [3.63, 3.8) is 0 Å². The Kier molecular flexibility index (Phi) is 7.16. The van der Waals surface area contributed by atoms with Crippen LogP contribution >= 0.6 is 0 Å². The van der Waals surface area contributed by atoms with E-state index in [2.05, 4.69) is 0 Å². The second-order valence-electron chi connectivity index (χ2n) is 12.7. The molecular formula is C28H40N2O7S. The van der Waals surface area contributed by atoms with Gasteiger partial charge in [-0.2, -0.15) is 8.42 Å². The SMILES string of the molecule is NCC1(CC(=O)O)[C@@H]2CC3CC2[C@@H]1C3.NCC1(CC(=O)O)[C@@H]2CC3CC2[C@@H]1C3.O=S(=O)(O)c1ccccc1. The number of hydrogen-bond acceptors (Lipinski definition) is 6. The lowest BCUT2D eigenvalue weighted by atomic mass is 9.44. The summed E-state index contributed by atoms with van der Waals surface area (Å²) in [5.74, 6) is 4.74. The van der Waals surface area contributed by atoms with Crippen LogP contribution in [0.15, 0.2) is 35.2 Å². The summed E-state index contributed by atoms with van der Waals surface area (Å²) in [6, 6.07) is 7.42. The van der Waals surface area contributed by atoms with Gasteiger partial charge in [-0.3, -0.25) is 14.1 Å². The molecule has 1 aromatic carbocycles. The van der Waals surface area contributed by atoms with Crippen molar-refractivity contribution >= 4 is 22.1 Å². The lowest BCUT2D eigenvalue weighted by molar-refractivity contribution is -0.159. The van der Waals surface area contributed by atoms with Gasteiger partial charge in [-0.05, 0) is 122 Å². The minimum atomic E-state index is -4.00. The summed E-state index contributed by atoms with van der Waals surface area (Å²) < 4.78 is 29.2. The molecule has 38 heavy (non-hydrogen) atoms. The van der Waals surface area contributed by atoms with Crippen LogP contribution < -0.4 is 11.5 Å².